The van der Waals surface area contributed by atoms with Crippen molar-refractivity contribution in [3.63, 3.8) is 0 Å². The molecular weight excluding hydrogens is 526 g/mol. The molecule has 1 aliphatic heterocycles. The predicted molar refractivity (Wildman–Crippen MR) is 164 cm³/mol. The summed E-state index contributed by atoms with van der Waals surface area (Å²) in [6.07, 6.45) is 4.20. The molecule has 7 heteroatoms. The van der Waals surface area contributed by atoms with E-state index in [0.29, 0.717) is 25.3 Å². The highest BCUT2D eigenvalue weighted by Gasteiger charge is 2.57. The van der Waals surface area contributed by atoms with Gasteiger partial charge in [0.1, 0.15) is 0 Å². The maximum absolute atomic E-state index is 9.57. The van der Waals surface area contributed by atoms with E-state index >= 15 is 0 Å². The molecular formula is C34H39N3O3Si. The highest BCUT2D eigenvalue weighted by atomic mass is 28.4. The summed E-state index contributed by atoms with van der Waals surface area (Å²) >= 11 is 0. The van der Waals surface area contributed by atoms with Crippen LogP contribution in [0.3, 0.4) is 0 Å². The van der Waals surface area contributed by atoms with Crippen LogP contribution in [0.1, 0.15) is 52.5 Å². The number of hydrogen-bond acceptors (Lipinski definition) is 5. The molecule has 6 rings (SSSR count). The molecule has 0 unspecified atom stereocenters. The highest BCUT2D eigenvalue weighted by molar-refractivity contribution is 6.99. The van der Waals surface area contributed by atoms with Crippen LogP contribution in [0.25, 0.3) is 11.0 Å². The van der Waals surface area contributed by atoms with E-state index in [0.717, 1.165) is 30.3 Å². The van der Waals surface area contributed by atoms with Crippen LogP contribution in [-0.4, -0.2) is 43.0 Å². The van der Waals surface area contributed by atoms with E-state index in [4.69, 9.17) is 13.9 Å². The van der Waals surface area contributed by atoms with Crippen molar-refractivity contribution < 1.29 is 13.9 Å². The van der Waals surface area contributed by atoms with Crippen LogP contribution < -0.4 is 10.4 Å². The molecule has 2 fully saturated rings. The lowest BCUT2D eigenvalue weighted by Crippen LogP contribution is -2.69. The Bertz CT molecular complexity index is 1510. The molecule has 212 valence electrons. The third kappa shape index (κ3) is 4.93. The Labute approximate surface area is 244 Å². The van der Waals surface area contributed by atoms with Crippen LogP contribution in [0.4, 0.5) is 0 Å². The number of nitriles is 1. The number of benzene rings is 3. The van der Waals surface area contributed by atoms with Crippen LogP contribution in [-0.2, 0) is 20.4 Å². The highest BCUT2D eigenvalue weighted by Crippen LogP contribution is 2.50. The smallest absolute Gasteiger partial charge is 0.261 e. The zero-order valence-electron chi connectivity index (χ0n) is 24.5. The molecule has 6 nitrogen and oxygen atoms in total. The average molecular weight is 566 g/mol. The van der Waals surface area contributed by atoms with Crippen molar-refractivity contribution >= 4 is 29.7 Å². The van der Waals surface area contributed by atoms with Gasteiger partial charge in [-0.3, -0.25) is 0 Å². The van der Waals surface area contributed by atoms with Gasteiger partial charge in [-0.15, -0.1) is 0 Å². The molecule has 1 saturated heterocycles. The van der Waals surface area contributed by atoms with Gasteiger partial charge >= 0.3 is 0 Å². The Balaban J connectivity index is 1.47. The number of imidazole rings is 1. The maximum atomic E-state index is 9.57. The van der Waals surface area contributed by atoms with Crippen molar-refractivity contribution in [1.29, 1.82) is 5.26 Å². The third-order valence-electron chi connectivity index (χ3n) is 9.07. The minimum atomic E-state index is -2.80. The van der Waals surface area contributed by atoms with Crippen LogP contribution >= 0.6 is 0 Å². The zero-order valence-corrected chi connectivity index (χ0v) is 25.5. The van der Waals surface area contributed by atoms with Crippen LogP contribution in [0.5, 0.6) is 0 Å². The summed E-state index contributed by atoms with van der Waals surface area (Å²) in [5.41, 5.74) is 2.15. The van der Waals surface area contributed by atoms with Gasteiger partial charge in [0.05, 0.1) is 48.3 Å². The summed E-state index contributed by atoms with van der Waals surface area (Å²) in [6, 6.07) is 29.7. The lowest BCUT2D eigenvalue weighted by Gasteiger charge is -2.53. The number of aromatic nitrogens is 2. The first-order valence-electron chi connectivity index (χ1n) is 14.6. The summed E-state index contributed by atoms with van der Waals surface area (Å²) in [5.74, 6) is -0.589. The number of hydrogen-bond donors (Lipinski definition) is 0. The fourth-order valence-corrected chi connectivity index (χ4v) is 12.0. The standard InChI is InChI=1S/C34H39N3O3Si/c1-32(2,3)41(27-11-7-5-8-12-27,28-13-9-6-10-14-28)40-31-17-18-34(38-19-20-39-34)23-33(31,4)24-37-25-36-29-16-15-26(22-35)21-30(29)37/h5-16,21,25,31H,17-20,23-24H2,1-4H3/t31-,33+/m1/s1. The lowest BCUT2D eigenvalue weighted by atomic mass is 9.70. The Morgan fingerprint density at radius 3 is 2.22 bits per heavy atom. The third-order valence-corrected chi connectivity index (χ3v) is 14.1. The fourth-order valence-electron chi connectivity index (χ4n) is 7.17. The summed E-state index contributed by atoms with van der Waals surface area (Å²) < 4.78 is 22.6. The van der Waals surface area contributed by atoms with Crippen molar-refractivity contribution in [1.82, 2.24) is 9.55 Å². The van der Waals surface area contributed by atoms with E-state index in [1.54, 1.807) is 0 Å². The topological polar surface area (TPSA) is 69.3 Å². The summed E-state index contributed by atoms with van der Waals surface area (Å²) in [7, 11) is -2.80. The summed E-state index contributed by atoms with van der Waals surface area (Å²) in [6.45, 7) is 11.2. The van der Waals surface area contributed by atoms with Crippen molar-refractivity contribution in [3.8, 4) is 6.07 Å². The van der Waals surface area contributed by atoms with E-state index in [1.165, 1.54) is 10.4 Å². The molecule has 2 heterocycles. The van der Waals surface area contributed by atoms with Crippen LogP contribution in [0.2, 0.25) is 5.04 Å². The van der Waals surface area contributed by atoms with Crippen molar-refractivity contribution in [2.75, 3.05) is 13.2 Å². The second-order valence-electron chi connectivity index (χ2n) is 12.9. The molecule has 4 aromatic rings. The van der Waals surface area contributed by atoms with E-state index in [9.17, 15) is 5.26 Å². The first kappa shape index (κ1) is 27.9. The van der Waals surface area contributed by atoms with Gasteiger partial charge in [0.25, 0.3) is 8.32 Å². The first-order valence-corrected chi connectivity index (χ1v) is 16.5. The molecule has 2 aliphatic rings. The molecule has 1 aliphatic carbocycles. The van der Waals surface area contributed by atoms with Crippen LogP contribution in [0, 0.1) is 16.7 Å². The molecule has 2 atom stereocenters. The average Bonchev–Trinajstić information content (AvgIpc) is 3.59. The number of fused-ring (bicyclic) bond motifs is 1. The van der Waals surface area contributed by atoms with Crippen LogP contribution in [0.15, 0.2) is 85.2 Å². The molecule has 0 amide bonds. The SMILES string of the molecule is CC(C)(C)[Si](O[C@@H]1CCC2(C[C@@]1(C)Cn1cnc3ccc(C#N)cc31)OCCO2)(c1ccccc1)c1ccccc1. The summed E-state index contributed by atoms with van der Waals surface area (Å²) in [4.78, 5) is 4.67. The molecule has 3 aromatic carbocycles. The Morgan fingerprint density at radius 1 is 1.00 bits per heavy atom. The van der Waals surface area contributed by atoms with Gasteiger partial charge in [-0.2, -0.15) is 5.26 Å². The van der Waals surface area contributed by atoms with Gasteiger partial charge in [-0.25, -0.2) is 4.98 Å². The normalized spacial score (nSPS) is 22.7. The number of nitrogens with zero attached hydrogens (tertiary/aromatic N) is 3. The van der Waals surface area contributed by atoms with Crippen molar-refractivity contribution in [3.05, 3.63) is 90.8 Å². The number of ether oxygens (including phenoxy) is 2. The Morgan fingerprint density at radius 2 is 1.63 bits per heavy atom. The second kappa shape index (κ2) is 10.5. The second-order valence-corrected chi connectivity index (χ2v) is 17.2. The Hall–Kier alpha value is -3.28. The van der Waals surface area contributed by atoms with Gasteiger partial charge in [-0.05, 0) is 40.0 Å². The molecule has 0 bridgehead atoms. The quantitative estimate of drug-likeness (QED) is 0.277. The molecule has 0 radical (unpaired) electrons. The minimum absolute atomic E-state index is 0.0520. The molecule has 1 aromatic heterocycles. The van der Waals surface area contributed by atoms with Gasteiger partial charge in [0, 0.05) is 24.8 Å². The lowest BCUT2D eigenvalue weighted by molar-refractivity contribution is -0.220. The van der Waals surface area contributed by atoms with Gasteiger partial charge in [-0.1, -0.05) is 88.4 Å². The first-order chi connectivity index (χ1) is 19.7. The molecule has 41 heavy (non-hydrogen) atoms. The number of rotatable bonds is 6. The van der Waals surface area contributed by atoms with Gasteiger partial charge in [0.15, 0.2) is 5.79 Å². The predicted octanol–water partition coefficient (Wildman–Crippen LogP) is 5.79. The van der Waals surface area contributed by atoms with Crippen molar-refractivity contribution in [2.45, 2.75) is 70.4 Å². The fraction of sp³-hybridized carbons (Fsp3) is 0.412. The van der Waals surface area contributed by atoms with Gasteiger partial charge < -0.3 is 18.5 Å². The molecule has 1 saturated carbocycles. The van der Waals surface area contributed by atoms with E-state index in [2.05, 4.69) is 104 Å². The largest absolute Gasteiger partial charge is 0.404 e. The molecule has 0 N–H and O–H groups in total. The van der Waals surface area contributed by atoms with E-state index < -0.39 is 14.1 Å². The van der Waals surface area contributed by atoms with E-state index in [-0.39, 0.29) is 16.6 Å². The monoisotopic (exact) mass is 565 g/mol. The summed E-state index contributed by atoms with van der Waals surface area (Å²) in [5, 5.41) is 12.0. The van der Waals surface area contributed by atoms with E-state index in [1.807, 2.05) is 24.5 Å². The maximum Gasteiger partial charge on any atom is 0.261 e. The molecule has 1 spiro atoms. The van der Waals surface area contributed by atoms with Gasteiger partial charge in [0.2, 0.25) is 0 Å². The van der Waals surface area contributed by atoms with Crippen molar-refractivity contribution in [2.24, 2.45) is 5.41 Å². The minimum Gasteiger partial charge on any atom is -0.404 e. The zero-order chi connectivity index (χ0) is 28.7. The Kier molecular flexibility index (Phi) is 7.15.